The van der Waals surface area contributed by atoms with Crippen LogP contribution in [0.25, 0.3) is 10.9 Å². The molecule has 4 heteroatoms. The van der Waals surface area contributed by atoms with E-state index in [0.29, 0.717) is 6.61 Å². The zero-order valence-electron chi connectivity index (χ0n) is 14.6. The number of amides is 1. The molecule has 3 aromatic rings. The van der Waals surface area contributed by atoms with Crippen LogP contribution in [-0.4, -0.2) is 24.6 Å². The Hall–Kier alpha value is -2.72. The lowest BCUT2D eigenvalue weighted by atomic mass is 9.97. The zero-order chi connectivity index (χ0) is 17.6. The van der Waals surface area contributed by atoms with Gasteiger partial charge in [-0.05, 0) is 43.0 Å². The first kappa shape index (κ1) is 17.1. The van der Waals surface area contributed by atoms with Crippen molar-refractivity contribution in [3.63, 3.8) is 0 Å². The lowest BCUT2D eigenvalue weighted by Gasteiger charge is -2.14. The summed E-state index contributed by atoms with van der Waals surface area (Å²) < 4.78 is 5.13. The van der Waals surface area contributed by atoms with Crippen molar-refractivity contribution < 1.29 is 9.53 Å². The van der Waals surface area contributed by atoms with Crippen LogP contribution < -0.4 is 5.32 Å². The van der Waals surface area contributed by atoms with Crippen molar-refractivity contribution in [2.24, 2.45) is 0 Å². The van der Waals surface area contributed by atoms with E-state index in [1.807, 2.05) is 55.5 Å². The predicted octanol–water partition coefficient (Wildman–Crippen LogP) is 4.37. The Balaban J connectivity index is 1.90. The molecule has 1 N–H and O–H groups in total. The molecule has 0 radical (unpaired) electrons. The molecule has 4 nitrogen and oxygen atoms in total. The topological polar surface area (TPSA) is 51.2 Å². The molecule has 0 atom stereocenters. The molecule has 0 aliphatic carbocycles. The molecule has 0 aliphatic rings. The van der Waals surface area contributed by atoms with Gasteiger partial charge in [0.2, 0.25) is 0 Å². The second-order valence-corrected chi connectivity index (χ2v) is 6.04. The summed E-state index contributed by atoms with van der Waals surface area (Å²) in [5.41, 5.74) is 4.29. The summed E-state index contributed by atoms with van der Waals surface area (Å²) in [4.78, 5) is 17.4. The summed E-state index contributed by atoms with van der Waals surface area (Å²) >= 11 is 0. The lowest BCUT2D eigenvalue weighted by molar-refractivity contribution is 0.102. The van der Waals surface area contributed by atoms with Crippen LogP contribution in [0.3, 0.4) is 0 Å². The van der Waals surface area contributed by atoms with Gasteiger partial charge in [0.05, 0.1) is 11.2 Å². The van der Waals surface area contributed by atoms with E-state index in [1.165, 1.54) is 0 Å². The van der Waals surface area contributed by atoms with E-state index >= 15 is 0 Å². The Morgan fingerprint density at radius 3 is 2.76 bits per heavy atom. The summed E-state index contributed by atoms with van der Waals surface area (Å²) in [5, 5.41) is 4.05. The number of nitrogens with zero attached hydrogens (tertiary/aromatic N) is 1. The van der Waals surface area contributed by atoms with Gasteiger partial charge in [0, 0.05) is 30.9 Å². The maximum Gasteiger partial charge on any atom is 0.256 e. The quantitative estimate of drug-likeness (QED) is 0.681. The Morgan fingerprint density at radius 2 is 1.92 bits per heavy atom. The highest BCUT2D eigenvalue weighted by Gasteiger charge is 2.15. The van der Waals surface area contributed by atoms with Crippen LogP contribution in [0.5, 0.6) is 0 Å². The number of rotatable bonds is 6. The minimum absolute atomic E-state index is 0.0938. The Morgan fingerprint density at radius 1 is 1.12 bits per heavy atom. The van der Waals surface area contributed by atoms with Crippen molar-refractivity contribution in [3.05, 3.63) is 71.4 Å². The normalized spacial score (nSPS) is 10.8. The van der Waals surface area contributed by atoms with Gasteiger partial charge in [-0.2, -0.15) is 0 Å². The molecule has 3 rings (SSSR count). The maximum absolute atomic E-state index is 13.0. The number of fused-ring (bicyclic) bond motifs is 1. The highest BCUT2D eigenvalue weighted by atomic mass is 16.5. The third kappa shape index (κ3) is 3.86. The molecule has 0 spiro atoms. The second-order valence-electron chi connectivity index (χ2n) is 6.04. The van der Waals surface area contributed by atoms with Crippen LogP contribution in [-0.2, 0) is 11.2 Å². The third-order valence-electron chi connectivity index (χ3n) is 4.26. The Bertz CT molecular complexity index is 885. The van der Waals surface area contributed by atoms with Crippen LogP contribution in [0.15, 0.2) is 54.7 Å². The number of aryl methyl sites for hydroxylation is 2. The molecule has 0 saturated carbocycles. The van der Waals surface area contributed by atoms with E-state index in [0.717, 1.165) is 46.1 Å². The van der Waals surface area contributed by atoms with Gasteiger partial charge < -0.3 is 10.1 Å². The summed E-state index contributed by atoms with van der Waals surface area (Å²) in [6, 6.07) is 15.7. The van der Waals surface area contributed by atoms with E-state index in [9.17, 15) is 4.79 Å². The van der Waals surface area contributed by atoms with Crippen molar-refractivity contribution in [2.45, 2.75) is 19.8 Å². The maximum atomic E-state index is 13.0. The summed E-state index contributed by atoms with van der Waals surface area (Å²) in [6.07, 6.45) is 3.43. The van der Waals surface area contributed by atoms with Crippen LogP contribution in [0, 0.1) is 6.92 Å². The molecule has 1 heterocycles. The number of aromatic nitrogens is 1. The molecule has 0 fully saturated rings. The number of carbonyl (C=O) groups excluding carboxylic acids is 1. The fourth-order valence-corrected chi connectivity index (χ4v) is 3.06. The first-order valence-electron chi connectivity index (χ1n) is 8.43. The number of nitrogens with one attached hydrogen (secondary N) is 1. The lowest BCUT2D eigenvalue weighted by Crippen LogP contribution is -2.16. The van der Waals surface area contributed by atoms with E-state index < -0.39 is 0 Å². The van der Waals surface area contributed by atoms with Crippen LogP contribution in [0.4, 0.5) is 5.69 Å². The molecule has 0 unspecified atom stereocenters. The number of anilines is 1. The van der Waals surface area contributed by atoms with E-state index in [-0.39, 0.29) is 5.91 Å². The fourth-order valence-electron chi connectivity index (χ4n) is 3.06. The number of ether oxygens (including phenoxy) is 1. The monoisotopic (exact) mass is 334 g/mol. The summed E-state index contributed by atoms with van der Waals surface area (Å²) in [6.45, 7) is 2.65. The number of benzene rings is 2. The molecule has 0 saturated heterocycles. The standard InChI is InChI=1S/C21H22N2O2/c1-15-7-3-8-16(11-6-14-25-2)19(15)21(24)23-18-12-4-9-17-10-5-13-22-20(17)18/h3-5,7-10,12-13H,6,11,14H2,1-2H3,(H,23,24). The SMILES string of the molecule is COCCCc1cccc(C)c1C(=O)Nc1cccc2cccnc12. The molecular weight excluding hydrogens is 312 g/mol. The number of hydrogen-bond acceptors (Lipinski definition) is 3. The number of methoxy groups -OCH3 is 1. The molecule has 0 bridgehead atoms. The van der Waals surface area contributed by atoms with Gasteiger partial charge in [0.25, 0.3) is 5.91 Å². The van der Waals surface area contributed by atoms with Crippen LogP contribution >= 0.6 is 0 Å². The molecule has 2 aromatic carbocycles. The van der Waals surface area contributed by atoms with Crippen molar-refractivity contribution in [3.8, 4) is 0 Å². The smallest absolute Gasteiger partial charge is 0.256 e. The van der Waals surface area contributed by atoms with Crippen molar-refractivity contribution in [1.82, 2.24) is 4.98 Å². The van der Waals surface area contributed by atoms with E-state index in [1.54, 1.807) is 13.3 Å². The minimum Gasteiger partial charge on any atom is -0.385 e. The van der Waals surface area contributed by atoms with Gasteiger partial charge in [-0.1, -0.05) is 36.4 Å². The molecule has 0 aliphatic heterocycles. The minimum atomic E-state index is -0.0938. The molecule has 1 amide bonds. The molecular formula is C21H22N2O2. The average Bonchev–Trinajstić information content (AvgIpc) is 2.62. The second kappa shape index (κ2) is 7.90. The highest BCUT2D eigenvalue weighted by Crippen LogP contribution is 2.23. The van der Waals surface area contributed by atoms with Crippen molar-refractivity contribution in [2.75, 3.05) is 19.0 Å². The van der Waals surface area contributed by atoms with Crippen LogP contribution in [0.2, 0.25) is 0 Å². The van der Waals surface area contributed by atoms with Crippen LogP contribution in [0.1, 0.15) is 27.9 Å². The number of para-hydroxylation sites is 1. The van der Waals surface area contributed by atoms with E-state index in [4.69, 9.17) is 4.74 Å². The molecule has 128 valence electrons. The number of carbonyl (C=O) groups is 1. The van der Waals surface area contributed by atoms with Gasteiger partial charge in [-0.15, -0.1) is 0 Å². The largest absolute Gasteiger partial charge is 0.385 e. The van der Waals surface area contributed by atoms with Gasteiger partial charge in [0.1, 0.15) is 0 Å². The highest BCUT2D eigenvalue weighted by molar-refractivity contribution is 6.09. The van der Waals surface area contributed by atoms with Gasteiger partial charge in [-0.3, -0.25) is 9.78 Å². The Kier molecular flexibility index (Phi) is 5.41. The van der Waals surface area contributed by atoms with E-state index in [2.05, 4.69) is 10.3 Å². The van der Waals surface area contributed by atoms with Crippen molar-refractivity contribution in [1.29, 1.82) is 0 Å². The predicted molar refractivity (Wildman–Crippen MR) is 101 cm³/mol. The van der Waals surface area contributed by atoms with Gasteiger partial charge in [-0.25, -0.2) is 0 Å². The third-order valence-corrected chi connectivity index (χ3v) is 4.26. The summed E-state index contributed by atoms with van der Waals surface area (Å²) in [5.74, 6) is -0.0938. The molecule has 1 aromatic heterocycles. The average molecular weight is 334 g/mol. The first-order chi connectivity index (χ1) is 12.2. The van der Waals surface area contributed by atoms with Gasteiger partial charge in [0.15, 0.2) is 0 Å². The Labute approximate surface area is 147 Å². The first-order valence-corrected chi connectivity index (χ1v) is 8.43. The number of hydrogen-bond donors (Lipinski definition) is 1. The van der Waals surface area contributed by atoms with Crippen molar-refractivity contribution >= 4 is 22.5 Å². The van der Waals surface area contributed by atoms with Gasteiger partial charge >= 0.3 is 0 Å². The summed E-state index contributed by atoms with van der Waals surface area (Å²) in [7, 11) is 1.69. The fraction of sp³-hybridized carbons (Fsp3) is 0.238. The molecule has 25 heavy (non-hydrogen) atoms. The zero-order valence-corrected chi connectivity index (χ0v) is 14.6. The number of pyridine rings is 1.